The van der Waals surface area contributed by atoms with E-state index in [1.165, 1.54) is 6.07 Å². The Labute approximate surface area is 163 Å². The van der Waals surface area contributed by atoms with E-state index in [0.29, 0.717) is 29.9 Å². The first-order valence-corrected chi connectivity index (χ1v) is 9.71. The zero-order valence-electron chi connectivity index (χ0n) is 15.6. The van der Waals surface area contributed by atoms with Crippen molar-refractivity contribution in [2.24, 2.45) is 0 Å². The molecule has 1 amide bonds. The lowest BCUT2D eigenvalue weighted by Crippen LogP contribution is -2.48. The number of benzene rings is 2. The summed E-state index contributed by atoms with van der Waals surface area (Å²) in [5, 5.41) is 21.2. The van der Waals surface area contributed by atoms with Gasteiger partial charge in [0.05, 0.1) is 4.92 Å². The van der Waals surface area contributed by atoms with E-state index < -0.39 is 4.92 Å². The number of anilines is 1. The lowest BCUT2D eigenvalue weighted by molar-refractivity contribution is -0.384. The monoisotopic (exact) mass is 380 g/mol. The molecule has 4 rings (SSSR count). The molecule has 2 bridgehead atoms. The van der Waals surface area contributed by atoms with Crippen LogP contribution in [-0.2, 0) is 6.54 Å². The van der Waals surface area contributed by atoms with Crippen molar-refractivity contribution in [1.82, 2.24) is 10.6 Å². The molecule has 2 aromatic carbocycles. The summed E-state index contributed by atoms with van der Waals surface area (Å²) in [7, 11) is 0. The molecule has 2 saturated heterocycles. The smallest absolute Gasteiger partial charge is 0.293 e. The SMILES string of the molecule is O=C(NC1CC2CCC(C1)N2)c1ccc(NCc2ccccc2)c([N+](=O)[O-])c1. The van der Waals surface area contributed by atoms with Gasteiger partial charge < -0.3 is 16.0 Å². The van der Waals surface area contributed by atoms with Gasteiger partial charge in [0.25, 0.3) is 11.6 Å². The molecule has 0 spiro atoms. The molecule has 7 nitrogen and oxygen atoms in total. The Morgan fingerprint density at radius 3 is 2.50 bits per heavy atom. The first-order chi connectivity index (χ1) is 13.6. The van der Waals surface area contributed by atoms with Crippen molar-refractivity contribution in [2.45, 2.75) is 50.4 Å². The van der Waals surface area contributed by atoms with Gasteiger partial charge in [0.1, 0.15) is 5.69 Å². The number of nitrogens with zero attached hydrogens (tertiary/aromatic N) is 1. The van der Waals surface area contributed by atoms with Gasteiger partial charge in [0.15, 0.2) is 0 Å². The van der Waals surface area contributed by atoms with Crippen LogP contribution in [0.15, 0.2) is 48.5 Å². The topological polar surface area (TPSA) is 96.3 Å². The molecule has 3 N–H and O–H groups in total. The first-order valence-electron chi connectivity index (χ1n) is 9.71. The molecule has 7 heteroatoms. The maximum atomic E-state index is 12.6. The average molecular weight is 380 g/mol. The molecule has 0 aliphatic carbocycles. The Balaban J connectivity index is 1.45. The van der Waals surface area contributed by atoms with E-state index >= 15 is 0 Å². The Morgan fingerprint density at radius 1 is 1.11 bits per heavy atom. The number of hydrogen-bond acceptors (Lipinski definition) is 5. The second kappa shape index (κ2) is 7.98. The number of fused-ring (bicyclic) bond motifs is 2. The second-order valence-electron chi connectivity index (χ2n) is 7.61. The van der Waals surface area contributed by atoms with Crippen LogP contribution in [0.4, 0.5) is 11.4 Å². The lowest BCUT2D eigenvalue weighted by atomic mass is 9.99. The molecule has 2 fully saturated rings. The van der Waals surface area contributed by atoms with E-state index in [-0.39, 0.29) is 17.6 Å². The highest BCUT2D eigenvalue weighted by molar-refractivity contribution is 5.96. The largest absolute Gasteiger partial charge is 0.375 e. The van der Waals surface area contributed by atoms with E-state index in [2.05, 4.69) is 16.0 Å². The van der Waals surface area contributed by atoms with E-state index in [0.717, 1.165) is 31.2 Å². The van der Waals surface area contributed by atoms with E-state index in [4.69, 9.17) is 0 Å². The number of rotatable bonds is 6. The molecule has 2 aliphatic heterocycles. The Morgan fingerprint density at radius 2 is 1.82 bits per heavy atom. The molecule has 0 saturated carbocycles. The zero-order valence-corrected chi connectivity index (χ0v) is 15.6. The van der Waals surface area contributed by atoms with Crippen LogP contribution in [0.3, 0.4) is 0 Å². The quantitative estimate of drug-likeness (QED) is 0.528. The van der Waals surface area contributed by atoms with Crippen molar-refractivity contribution in [1.29, 1.82) is 0 Å². The van der Waals surface area contributed by atoms with E-state index in [1.807, 2.05) is 30.3 Å². The third-order valence-electron chi connectivity index (χ3n) is 5.59. The van der Waals surface area contributed by atoms with Crippen LogP contribution < -0.4 is 16.0 Å². The maximum Gasteiger partial charge on any atom is 0.293 e. The number of hydrogen-bond donors (Lipinski definition) is 3. The lowest BCUT2D eigenvalue weighted by Gasteiger charge is -2.29. The summed E-state index contributed by atoms with van der Waals surface area (Å²) in [6.07, 6.45) is 4.15. The Bertz CT molecular complexity index is 859. The van der Waals surface area contributed by atoms with Gasteiger partial charge in [-0.05, 0) is 43.4 Å². The maximum absolute atomic E-state index is 12.6. The number of carbonyl (C=O) groups is 1. The van der Waals surface area contributed by atoms with Crippen molar-refractivity contribution >= 4 is 17.3 Å². The van der Waals surface area contributed by atoms with Crippen molar-refractivity contribution in [3.63, 3.8) is 0 Å². The van der Waals surface area contributed by atoms with Gasteiger partial charge in [-0.1, -0.05) is 30.3 Å². The standard InChI is InChI=1S/C21H24N4O3/c26-21(24-18-11-16-7-8-17(12-18)23-16)15-6-9-19(20(10-15)25(27)28)22-13-14-4-2-1-3-5-14/h1-6,9-10,16-18,22-23H,7-8,11-13H2,(H,24,26). The fourth-order valence-electron chi connectivity index (χ4n) is 4.21. The van der Waals surface area contributed by atoms with Gasteiger partial charge >= 0.3 is 0 Å². The predicted octanol–water partition coefficient (Wildman–Crippen LogP) is 3.22. The Kier molecular flexibility index (Phi) is 5.25. The molecule has 0 radical (unpaired) electrons. The number of nitro groups is 1. The minimum atomic E-state index is -0.450. The summed E-state index contributed by atoms with van der Waals surface area (Å²) in [6.45, 7) is 0.477. The normalized spacial score (nSPS) is 23.2. The van der Waals surface area contributed by atoms with Crippen LogP contribution in [0.5, 0.6) is 0 Å². The number of nitro benzene ring substituents is 1. The van der Waals surface area contributed by atoms with Gasteiger partial charge in [-0.3, -0.25) is 14.9 Å². The van der Waals surface area contributed by atoms with Gasteiger partial charge in [-0.15, -0.1) is 0 Å². The van der Waals surface area contributed by atoms with Crippen molar-refractivity contribution in [2.75, 3.05) is 5.32 Å². The zero-order chi connectivity index (χ0) is 19.5. The Hall–Kier alpha value is -2.93. The second-order valence-corrected chi connectivity index (χ2v) is 7.61. The summed E-state index contributed by atoms with van der Waals surface area (Å²) in [4.78, 5) is 23.7. The molecule has 146 valence electrons. The first kappa shape index (κ1) is 18.4. The van der Waals surface area contributed by atoms with Crippen LogP contribution in [0.2, 0.25) is 0 Å². The fourth-order valence-corrected chi connectivity index (χ4v) is 4.21. The van der Waals surface area contributed by atoms with E-state index in [1.54, 1.807) is 12.1 Å². The minimum Gasteiger partial charge on any atom is -0.375 e. The molecular formula is C21H24N4O3. The third kappa shape index (κ3) is 4.14. The highest BCUT2D eigenvalue weighted by Crippen LogP contribution is 2.28. The average Bonchev–Trinajstić information content (AvgIpc) is 3.05. The van der Waals surface area contributed by atoms with Crippen LogP contribution in [0, 0.1) is 10.1 Å². The van der Waals surface area contributed by atoms with Gasteiger partial charge in [-0.25, -0.2) is 0 Å². The molecule has 28 heavy (non-hydrogen) atoms. The van der Waals surface area contributed by atoms with Crippen molar-refractivity contribution < 1.29 is 9.72 Å². The molecule has 2 atom stereocenters. The minimum absolute atomic E-state index is 0.0889. The van der Waals surface area contributed by atoms with Gasteiger partial charge in [-0.2, -0.15) is 0 Å². The van der Waals surface area contributed by atoms with Gasteiger partial charge in [0, 0.05) is 36.3 Å². The fraction of sp³-hybridized carbons (Fsp3) is 0.381. The van der Waals surface area contributed by atoms with E-state index in [9.17, 15) is 14.9 Å². The third-order valence-corrected chi connectivity index (χ3v) is 5.59. The van der Waals surface area contributed by atoms with Crippen LogP contribution in [-0.4, -0.2) is 29.0 Å². The summed E-state index contributed by atoms with van der Waals surface area (Å²) in [6, 6.07) is 15.4. The predicted molar refractivity (Wildman–Crippen MR) is 107 cm³/mol. The molecule has 0 aromatic heterocycles. The highest BCUT2D eigenvalue weighted by Gasteiger charge is 2.34. The summed E-state index contributed by atoms with van der Waals surface area (Å²) in [5.74, 6) is -0.246. The molecule has 2 heterocycles. The number of carbonyl (C=O) groups excluding carboxylic acids is 1. The molecule has 2 unspecified atom stereocenters. The molecule has 2 aromatic rings. The summed E-state index contributed by atoms with van der Waals surface area (Å²) >= 11 is 0. The number of piperidine rings is 1. The number of amides is 1. The van der Waals surface area contributed by atoms with Crippen LogP contribution >= 0.6 is 0 Å². The summed E-state index contributed by atoms with van der Waals surface area (Å²) < 4.78 is 0. The van der Waals surface area contributed by atoms with Crippen molar-refractivity contribution in [3.05, 3.63) is 69.8 Å². The molecular weight excluding hydrogens is 356 g/mol. The van der Waals surface area contributed by atoms with Crippen LogP contribution in [0.1, 0.15) is 41.6 Å². The summed E-state index contributed by atoms with van der Waals surface area (Å²) in [5.41, 5.74) is 1.67. The highest BCUT2D eigenvalue weighted by atomic mass is 16.6. The van der Waals surface area contributed by atoms with Crippen molar-refractivity contribution in [3.8, 4) is 0 Å². The number of nitrogens with one attached hydrogen (secondary N) is 3. The molecule has 2 aliphatic rings. The van der Waals surface area contributed by atoms with Gasteiger partial charge in [0.2, 0.25) is 0 Å². The van der Waals surface area contributed by atoms with Crippen LogP contribution in [0.25, 0.3) is 0 Å².